The van der Waals surface area contributed by atoms with Gasteiger partial charge in [-0.3, -0.25) is 4.79 Å². The number of carbonyl (C=O) groups excluding carboxylic acids is 1. The van der Waals surface area contributed by atoms with Crippen LogP contribution in [0.1, 0.15) is 6.42 Å². The quantitative estimate of drug-likeness (QED) is 0.754. The summed E-state index contributed by atoms with van der Waals surface area (Å²) in [5.74, 6) is -4.36. The Morgan fingerprint density at radius 3 is 2.38 bits per heavy atom. The van der Waals surface area contributed by atoms with Crippen molar-refractivity contribution in [1.29, 1.82) is 0 Å². The second kappa shape index (κ2) is 3.79. The van der Waals surface area contributed by atoms with Gasteiger partial charge >= 0.3 is 0 Å². The molecule has 86 valence electrons. The third-order valence-corrected chi connectivity index (χ3v) is 2.44. The van der Waals surface area contributed by atoms with Crippen molar-refractivity contribution in [2.45, 2.75) is 12.5 Å². The first kappa shape index (κ1) is 10.9. The molecule has 1 aromatic carbocycles. The summed E-state index contributed by atoms with van der Waals surface area (Å²) in [6.45, 7) is 0. The number of nitrogens with two attached hydrogens (primary N) is 1. The normalized spacial score (nSPS) is 23.0. The Balaban J connectivity index is 2.15. The van der Waals surface area contributed by atoms with Crippen LogP contribution in [0.25, 0.3) is 0 Å². The van der Waals surface area contributed by atoms with Gasteiger partial charge < -0.3 is 11.1 Å². The average molecular weight is 230 g/mol. The van der Waals surface area contributed by atoms with E-state index in [1.165, 1.54) is 0 Å². The van der Waals surface area contributed by atoms with Crippen LogP contribution in [0.15, 0.2) is 12.1 Å². The van der Waals surface area contributed by atoms with Gasteiger partial charge in [-0.25, -0.2) is 13.2 Å². The molecule has 1 fully saturated rings. The summed E-state index contributed by atoms with van der Waals surface area (Å²) in [4.78, 5) is 11.4. The van der Waals surface area contributed by atoms with Gasteiger partial charge in [-0.2, -0.15) is 0 Å². The Hall–Kier alpha value is -1.56. The summed E-state index contributed by atoms with van der Waals surface area (Å²) in [7, 11) is 0. The van der Waals surface area contributed by atoms with E-state index in [9.17, 15) is 18.0 Å². The second-order valence-corrected chi connectivity index (χ2v) is 3.74. The lowest BCUT2D eigenvalue weighted by Crippen LogP contribution is -2.19. The van der Waals surface area contributed by atoms with Crippen LogP contribution in [0, 0.1) is 23.4 Å². The average Bonchev–Trinajstić information content (AvgIpc) is 2.92. The highest BCUT2D eigenvalue weighted by atomic mass is 19.2. The van der Waals surface area contributed by atoms with Crippen molar-refractivity contribution in [3.05, 3.63) is 29.6 Å². The summed E-state index contributed by atoms with van der Waals surface area (Å²) in [5, 5.41) is 2.17. The Morgan fingerprint density at radius 1 is 1.25 bits per heavy atom. The van der Waals surface area contributed by atoms with Crippen molar-refractivity contribution >= 4 is 11.6 Å². The van der Waals surface area contributed by atoms with Crippen molar-refractivity contribution in [3.63, 3.8) is 0 Å². The Morgan fingerprint density at radius 2 is 1.81 bits per heavy atom. The van der Waals surface area contributed by atoms with E-state index in [0.717, 1.165) is 0 Å². The van der Waals surface area contributed by atoms with E-state index >= 15 is 0 Å². The minimum Gasteiger partial charge on any atom is -0.327 e. The van der Waals surface area contributed by atoms with Gasteiger partial charge in [0.15, 0.2) is 11.6 Å². The van der Waals surface area contributed by atoms with Gasteiger partial charge in [-0.15, -0.1) is 0 Å². The summed E-state index contributed by atoms with van der Waals surface area (Å²) in [5.41, 5.74) is 5.05. The molecule has 1 amide bonds. The fraction of sp³-hybridized carbons (Fsp3) is 0.300. The number of nitrogens with one attached hydrogen (secondary N) is 1. The lowest BCUT2D eigenvalue weighted by Gasteiger charge is -2.06. The van der Waals surface area contributed by atoms with E-state index in [1.807, 2.05) is 0 Å². The number of rotatable bonds is 2. The van der Waals surface area contributed by atoms with Crippen LogP contribution >= 0.6 is 0 Å². The molecule has 1 aromatic rings. The molecule has 2 atom stereocenters. The summed E-state index contributed by atoms with van der Waals surface area (Å²) < 4.78 is 38.5. The number of benzene rings is 1. The summed E-state index contributed by atoms with van der Waals surface area (Å²) in [6.07, 6.45) is 0.525. The molecule has 0 aromatic heterocycles. The van der Waals surface area contributed by atoms with Crippen molar-refractivity contribution in [2.75, 3.05) is 5.32 Å². The van der Waals surface area contributed by atoms with Crippen molar-refractivity contribution in [2.24, 2.45) is 11.7 Å². The highest BCUT2D eigenvalue weighted by Crippen LogP contribution is 2.29. The first-order chi connectivity index (χ1) is 7.49. The smallest absolute Gasteiger partial charge is 0.229 e. The van der Waals surface area contributed by atoms with Gasteiger partial charge in [0.1, 0.15) is 5.82 Å². The number of anilines is 1. The maximum atomic E-state index is 13.1. The molecule has 1 aliphatic rings. The number of hydrogen-bond donors (Lipinski definition) is 2. The predicted octanol–water partition coefficient (Wildman–Crippen LogP) is 1.39. The molecule has 3 N–H and O–H groups in total. The Bertz CT molecular complexity index is 450. The van der Waals surface area contributed by atoms with Crippen LogP contribution in [0.4, 0.5) is 18.9 Å². The molecule has 2 rings (SSSR count). The molecule has 2 unspecified atom stereocenters. The molecule has 0 bridgehead atoms. The van der Waals surface area contributed by atoms with E-state index in [-0.39, 0.29) is 17.6 Å². The van der Waals surface area contributed by atoms with E-state index in [0.29, 0.717) is 18.6 Å². The van der Waals surface area contributed by atoms with Gasteiger partial charge in [0.2, 0.25) is 5.91 Å². The van der Waals surface area contributed by atoms with Gasteiger partial charge in [0, 0.05) is 18.2 Å². The van der Waals surface area contributed by atoms with Gasteiger partial charge in [-0.05, 0) is 6.42 Å². The minimum absolute atomic E-state index is 0.228. The monoisotopic (exact) mass is 230 g/mol. The fourth-order valence-corrected chi connectivity index (χ4v) is 1.36. The van der Waals surface area contributed by atoms with Crippen molar-refractivity contribution in [3.8, 4) is 0 Å². The molecular weight excluding hydrogens is 221 g/mol. The van der Waals surface area contributed by atoms with E-state index in [2.05, 4.69) is 5.32 Å². The molecule has 6 heteroatoms. The van der Waals surface area contributed by atoms with Crippen molar-refractivity contribution < 1.29 is 18.0 Å². The molecule has 1 aliphatic carbocycles. The van der Waals surface area contributed by atoms with Crippen LogP contribution < -0.4 is 11.1 Å². The maximum absolute atomic E-state index is 13.1. The fourth-order valence-electron chi connectivity index (χ4n) is 1.36. The summed E-state index contributed by atoms with van der Waals surface area (Å²) >= 11 is 0. The van der Waals surface area contributed by atoms with Crippen molar-refractivity contribution in [1.82, 2.24) is 0 Å². The van der Waals surface area contributed by atoms with Crippen LogP contribution in [-0.2, 0) is 4.79 Å². The van der Waals surface area contributed by atoms with Crippen LogP contribution in [0.5, 0.6) is 0 Å². The maximum Gasteiger partial charge on any atom is 0.229 e. The molecule has 0 heterocycles. The third kappa shape index (κ3) is 2.01. The van der Waals surface area contributed by atoms with Crippen LogP contribution in [0.2, 0.25) is 0 Å². The van der Waals surface area contributed by atoms with Gasteiger partial charge in [0.05, 0.1) is 11.6 Å². The largest absolute Gasteiger partial charge is 0.327 e. The number of carbonyl (C=O) groups is 1. The minimum atomic E-state index is -1.29. The molecule has 1 saturated carbocycles. The zero-order valence-corrected chi connectivity index (χ0v) is 8.14. The standard InChI is InChI=1S/C10H9F3N2O/c11-5-2-7(13)9(3-6(5)12)15-10(16)4-1-8(4)14/h2-4,8H,1,14H2,(H,15,16). The zero-order valence-electron chi connectivity index (χ0n) is 8.14. The highest BCUT2D eigenvalue weighted by Gasteiger charge is 2.40. The molecule has 0 aliphatic heterocycles. The lowest BCUT2D eigenvalue weighted by atomic mass is 10.2. The third-order valence-electron chi connectivity index (χ3n) is 2.44. The summed E-state index contributed by atoms with van der Waals surface area (Å²) in [6, 6.07) is 0.766. The molecule has 0 saturated heterocycles. The van der Waals surface area contributed by atoms with Gasteiger partial charge in [0.25, 0.3) is 0 Å². The predicted molar refractivity (Wildman–Crippen MR) is 51.0 cm³/mol. The number of hydrogen-bond acceptors (Lipinski definition) is 2. The molecule has 0 spiro atoms. The second-order valence-electron chi connectivity index (χ2n) is 3.74. The molecule has 3 nitrogen and oxygen atoms in total. The van der Waals surface area contributed by atoms with E-state index < -0.39 is 23.4 Å². The topological polar surface area (TPSA) is 55.1 Å². The molecular formula is C10H9F3N2O. The Kier molecular flexibility index (Phi) is 2.59. The Labute approximate surface area is 89.4 Å². The van der Waals surface area contributed by atoms with Gasteiger partial charge in [-0.1, -0.05) is 0 Å². The first-order valence-electron chi connectivity index (χ1n) is 4.70. The van der Waals surface area contributed by atoms with Crippen LogP contribution in [0.3, 0.4) is 0 Å². The SMILES string of the molecule is NC1CC1C(=O)Nc1cc(F)c(F)cc1F. The first-order valence-corrected chi connectivity index (χ1v) is 4.70. The lowest BCUT2D eigenvalue weighted by molar-refractivity contribution is -0.117. The van der Waals surface area contributed by atoms with E-state index in [1.54, 1.807) is 0 Å². The number of amides is 1. The van der Waals surface area contributed by atoms with Crippen LogP contribution in [-0.4, -0.2) is 11.9 Å². The van der Waals surface area contributed by atoms with E-state index in [4.69, 9.17) is 5.73 Å². The molecule has 0 radical (unpaired) electrons. The zero-order chi connectivity index (χ0) is 11.9. The molecule has 16 heavy (non-hydrogen) atoms. The highest BCUT2D eigenvalue weighted by molar-refractivity contribution is 5.95. The number of halogens is 3.